The summed E-state index contributed by atoms with van der Waals surface area (Å²) < 4.78 is 41.5. The lowest BCUT2D eigenvalue weighted by atomic mass is 10.0. The quantitative estimate of drug-likeness (QED) is 0.0988. The van der Waals surface area contributed by atoms with E-state index in [0.717, 1.165) is 6.07 Å². The normalized spacial score (nSPS) is 11.6. The smallest absolute Gasteiger partial charge is 0.305 e. The zero-order chi connectivity index (χ0) is 39.3. The van der Waals surface area contributed by atoms with Crippen LogP contribution in [0.5, 0.6) is 0 Å². The van der Waals surface area contributed by atoms with Gasteiger partial charge in [0.15, 0.2) is 0 Å². The summed E-state index contributed by atoms with van der Waals surface area (Å²) >= 11 is 0. The number of carbonyl (C=O) groups excluding carboxylic acids is 2. The van der Waals surface area contributed by atoms with E-state index >= 15 is 0 Å². The molecule has 0 aliphatic heterocycles. The molecule has 0 spiro atoms. The molecule has 0 bridgehead atoms. The van der Waals surface area contributed by atoms with Crippen molar-refractivity contribution in [3.63, 3.8) is 0 Å². The SMILES string of the molecule is O=C(O)C[C@H](NC(=O)c1cccc(-c2ccccc2F)n1)c1cccc(F)c1.O=C(O)C[C@H](NC(=O)c1cccc(-c2ccccc2F)n1)c1ccccc1. The van der Waals surface area contributed by atoms with Crippen molar-refractivity contribution in [3.05, 3.63) is 179 Å². The molecule has 13 heteroatoms. The number of halogens is 3. The average molecular weight is 747 g/mol. The number of nitrogens with one attached hydrogen (secondary N) is 2. The first-order valence-electron chi connectivity index (χ1n) is 16.8. The number of rotatable bonds is 12. The number of carbonyl (C=O) groups is 4. The summed E-state index contributed by atoms with van der Waals surface area (Å²) in [7, 11) is 0. The first kappa shape index (κ1) is 39.1. The second-order valence-electron chi connectivity index (χ2n) is 12.0. The van der Waals surface area contributed by atoms with Crippen LogP contribution in [-0.2, 0) is 9.59 Å². The molecule has 6 aromatic rings. The molecule has 2 aromatic heterocycles. The molecule has 2 amide bonds. The second kappa shape index (κ2) is 18.6. The maximum atomic E-state index is 14.0. The molecule has 0 unspecified atom stereocenters. The van der Waals surface area contributed by atoms with Crippen molar-refractivity contribution < 1.29 is 42.6 Å². The molecule has 55 heavy (non-hydrogen) atoms. The highest BCUT2D eigenvalue weighted by atomic mass is 19.1. The van der Waals surface area contributed by atoms with Gasteiger partial charge >= 0.3 is 11.9 Å². The van der Waals surface area contributed by atoms with Gasteiger partial charge < -0.3 is 20.8 Å². The van der Waals surface area contributed by atoms with Crippen LogP contribution < -0.4 is 10.6 Å². The van der Waals surface area contributed by atoms with Gasteiger partial charge in [0.05, 0.1) is 36.3 Å². The van der Waals surface area contributed by atoms with E-state index in [9.17, 15) is 32.3 Å². The van der Waals surface area contributed by atoms with Crippen molar-refractivity contribution in [1.82, 2.24) is 20.6 Å². The lowest BCUT2D eigenvalue weighted by Crippen LogP contribution is -2.31. The number of carboxylic acids is 2. The number of aliphatic carboxylic acids is 2. The minimum absolute atomic E-state index is 0.00690. The summed E-state index contributed by atoms with van der Waals surface area (Å²) in [6.45, 7) is 0. The van der Waals surface area contributed by atoms with E-state index in [1.807, 2.05) is 6.07 Å². The second-order valence-corrected chi connectivity index (χ2v) is 12.0. The van der Waals surface area contributed by atoms with Gasteiger partial charge in [-0.15, -0.1) is 0 Å². The summed E-state index contributed by atoms with van der Waals surface area (Å²) in [6, 6.07) is 34.0. The molecule has 4 aromatic carbocycles. The molecule has 4 N–H and O–H groups in total. The fourth-order valence-corrected chi connectivity index (χ4v) is 5.49. The van der Waals surface area contributed by atoms with Crippen LogP contribution in [0.15, 0.2) is 140 Å². The van der Waals surface area contributed by atoms with Gasteiger partial charge in [-0.3, -0.25) is 19.2 Å². The summed E-state index contributed by atoms with van der Waals surface area (Å²) in [6.07, 6.45) is -0.690. The lowest BCUT2D eigenvalue weighted by Gasteiger charge is -2.17. The van der Waals surface area contributed by atoms with E-state index in [0.29, 0.717) is 16.8 Å². The molecule has 278 valence electrons. The van der Waals surface area contributed by atoms with Crippen LogP contribution >= 0.6 is 0 Å². The molecule has 2 atom stereocenters. The Bertz CT molecular complexity index is 2310. The Kier molecular flexibility index (Phi) is 13.2. The Morgan fingerprint density at radius 1 is 0.509 bits per heavy atom. The van der Waals surface area contributed by atoms with E-state index in [1.54, 1.807) is 84.9 Å². The number of hydrogen-bond donors (Lipinski definition) is 4. The molecular weight excluding hydrogens is 713 g/mol. The van der Waals surface area contributed by atoms with Gasteiger partial charge in [-0.2, -0.15) is 0 Å². The van der Waals surface area contributed by atoms with Crippen molar-refractivity contribution in [2.45, 2.75) is 24.9 Å². The van der Waals surface area contributed by atoms with Crippen LogP contribution in [0, 0.1) is 17.5 Å². The predicted molar refractivity (Wildman–Crippen MR) is 197 cm³/mol. The maximum absolute atomic E-state index is 14.0. The lowest BCUT2D eigenvalue weighted by molar-refractivity contribution is -0.138. The third kappa shape index (κ3) is 10.9. The zero-order valence-corrected chi connectivity index (χ0v) is 28.9. The molecule has 0 aliphatic carbocycles. The Morgan fingerprint density at radius 2 is 0.927 bits per heavy atom. The van der Waals surface area contributed by atoms with E-state index in [1.165, 1.54) is 42.5 Å². The molecule has 0 fully saturated rings. The number of aromatic nitrogens is 2. The van der Waals surface area contributed by atoms with Gasteiger partial charge in [0.2, 0.25) is 0 Å². The van der Waals surface area contributed by atoms with Gasteiger partial charge in [0, 0.05) is 11.1 Å². The Labute approximate surface area is 313 Å². The Balaban J connectivity index is 0.000000211. The number of nitrogens with zero attached hydrogens (tertiary/aromatic N) is 2. The van der Waals surface area contributed by atoms with Crippen molar-refractivity contribution in [1.29, 1.82) is 0 Å². The monoisotopic (exact) mass is 746 g/mol. The van der Waals surface area contributed by atoms with Crippen LogP contribution in [0.25, 0.3) is 22.5 Å². The van der Waals surface area contributed by atoms with E-state index in [4.69, 9.17) is 10.2 Å². The number of carboxylic acid groups (broad SMARTS) is 2. The molecular formula is C42H33F3N4O6. The van der Waals surface area contributed by atoms with Gasteiger partial charge in [-0.25, -0.2) is 23.1 Å². The predicted octanol–water partition coefficient (Wildman–Crippen LogP) is 7.81. The molecule has 6 rings (SSSR count). The summed E-state index contributed by atoms with van der Waals surface area (Å²) in [4.78, 5) is 56.0. The minimum Gasteiger partial charge on any atom is -0.481 e. The van der Waals surface area contributed by atoms with E-state index in [2.05, 4.69) is 20.6 Å². The minimum atomic E-state index is -1.15. The fraction of sp³-hybridized carbons (Fsp3) is 0.0952. The topological polar surface area (TPSA) is 159 Å². The first-order valence-corrected chi connectivity index (χ1v) is 16.8. The van der Waals surface area contributed by atoms with Gasteiger partial charge in [0.1, 0.15) is 28.8 Å². The molecule has 2 heterocycles. The summed E-state index contributed by atoms with van der Waals surface area (Å²) in [5.74, 6) is -4.80. The molecule has 0 aliphatic rings. The van der Waals surface area contributed by atoms with Crippen LogP contribution in [0.3, 0.4) is 0 Å². The van der Waals surface area contributed by atoms with Crippen molar-refractivity contribution >= 4 is 23.8 Å². The third-order valence-electron chi connectivity index (χ3n) is 8.08. The molecule has 10 nitrogen and oxygen atoms in total. The average Bonchev–Trinajstić information content (AvgIpc) is 3.18. The van der Waals surface area contributed by atoms with Gasteiger partial charge in [0.25, 0.3) is 11.8 Å². The highest BCUT2D eigenvalue weighted by Gasteiger charge is 2.22. The van der Waals surface area contributed by atoms with Crippen molar-refractivity contribution in [2.75, 3.05) is 0 Å². The maximum Gasteiger partial charge on any atom is 0.305 e. The standard InChI is InChI=1S/C21H16F2N2O3.C21H17FN2O3/c22-14-6-3-5-13(11-14)19(12-20(26)27)25-21(28)18-10-4-9-17(24-18)15-7-1-2-8-16(15)23;22-16-10-5-4-9-15(16)17-11-6-12-18(23-17)21(27)24-19(13-20(25)26)14-7-2-1-3-8-14/h1-11,19H,12H2,(H,25,28)(H,26,27);1-12,19H,13H2,(H,24,27)(H,25,26)/t2*19-/m00/s1. The number of benzene rings is 4. The van der Waals surface area contributed by atoms with Gasteiger partial charge in [-0.05, 0) is 71.8 Å². The molecule has 0 radical (unpaired) electrons. The van der Waals surface area contributed by atoms with Gasteiger partial charge in [-0.1, -0.05) is 78.9 Å². The highest BCUT2D eigenvalue weighted by molar-refractivity contribution is 5.94. The van der Waals surface area contributed by atoms with Crippen LogP contribution in [0.4, 0.5) is 13.2 Å². The first-order chi connectivity index (χ1) is 26.5. The van der Waals surface area contributed by atoms with Crippen molar-refractivity contribution in [2.24, 2.45) is 0 Å². The molecule has 0 saturated carbocycles. The Hall–Kier alpha value is -7.15. The molecule has 0 saturated heterocycles. The van der Waals surface area contributed by atoms with Crippen LogP contribution in [-0.4, -0.2) is 43.9 Å². The number of hydrogen-bond acceptors (Lipinski definition) is 6. The largest absolute Gasteiger partial charge is 0.481 e. The van der Waals surface area contributed by atoms with E-state index < -0.39 is 59.7 Å². The Morgan fingerprint density at radius 3 is 1.38 bits per heavy atom. The van der Waals surface area contributed by atoms with Crippen LogP contribution in [0.1, 0.15) is 57.0 Å². The number of pyridine rings is 2. The van der Waals surface area contributed by atoms with E-state index in [-0.39, 0.29) is 34.6 Å². The zero-order valence-electron chi connectivity index (χ0n) is 28.9. The number of amides is 2. The van der Waals surface area contributed by atoms with Crippen LogP contribution in [0.2, 0.25) is 0 Å². The summed E-state index contributed by atoms with van der Waals surface area (Å²) in [5, 5.41) is 23.5. The van der Waals surface area contributed by atoms with Crippen molar-refractivity contribution in [3.8, 4) is 22.5 Å². The third-order valence-corrected chi connectivity index (χ3v) is 8.08. The highest BCUT2D eigenvalue weighted by Crippen LogP contribution is 2.24. The fourth-order valence-electron chi connectivity index (χ4n) is 5.49. The summed E-state index contributed by atoms with van der Waals surface area (Å²) in [5.41, 5.74) is 2.21.